The fourth-order valence-corrected chi connectivity index (χ4v) is 3.03. The van der Waals surface area contributed by atoms with E-state index < -0.39 is 34.9 Å². The number of hydrogen-bond donors (Lipinski definition) is 3. The van der Waals surface area contributed by atoms with Crippen molar-refractivity contribution in [1.82, 2.24) is 4.72 Å². The van der Waals surface area contributed by atoms with Crippen LogP contribution in [0.5, 0.6) is 11.5 Å². The molecule has 1 aromatic carbocycles. The minimum atomic E-state index is -4.30. The van der Waals surface area contributed by atoms with Gasteiger partial charge < -0.3 is 20.5 Å². The molecule has 0 aliphatic carbocycles. The van der Waals surface area contributed by atoms with Crippen molar-refractivity contribution in [3.8, 4) is 11.5 Å². The molecule has 1 heterocycles. The molecule has 1 aromatic rings. The number of fused-ring (bicyclic) bond motifs is 1. The van der Waals surface area contributed by atoms with Gasteiger partial charge in [-0.05, 0) is 0 Å². The van der Waals surface area contributed by atoms with Crippen molar-refractivity contribution in [2.75, 3.05) is 32.1 Å². The van der Waals surface area contributed by atoms with Crippen molar-refractivity contribution in [2.45, 2.75) is 10.8 Å². The number of sulfonamides is 1. The molecule has 0 unspecified atom stereocenters. The fourth-order valence-electron chi connectivity index (χ4n) is 1.81. The summed E-state index contributed by atoms with van der Waals surface area (Å²) in [6.07, 6.45) is 0. The van der Waals surface area contributed by atoms with Crippen LogP contribution < -0.4 is 25.2 Å². The van der Waals surface area contributed by atoms with Crippen LogP contribution >= 0.6 is 12.4 Å². The monoisotopic (exact) mass is 387 g/mol. The third-order valence-electron chi connectivity index (χ3n) is 3.01. The number of amides is 1. The molecule has 0 radical (unpaired) electrons. The number of hydrogen-bond acceptors (Lipinski definition) is 6. The average molecular weight is 388 g/mol. The maximum absolute atomic E-state index is 13.1. The summed E-state index contributed by atoms with van der Waals surface area (Å²) in [6.45, 7) is -2.42. The number of carbonyl (C=O) groups excluding carboxylic acids is 1. The summed E-state index contributed by atoms with van der Waals surface area (Å²) in [6, 6.07) is 2.33. The van der Waals surface area contributed by atoms with Crippen LogP contribution in [-0.4, -0.2) is 47.1 Å². The van der Waals surface area contributed by atoms with Crippen molar-refractivity contribution in [2.24, 2.45) is 5.73 Å². The van der Waals surface area contributed by atoms with Crippen molar-refractivity contribution in [3.05, 3.63) is 12.1 Å². The SMILES string of the molecule is COc1cc2c(cc1S(=O)(=O)NCC(F)(F)CN)OCC(=O)N2.Cl. The molecule has 2 rings (SSSR count). The Hall–Kier alpha value is -1.69. The van der Waals surface area contributed by atoms with Gasteiger partial charge in [-0.2, -0.15) is 0 Å². The van der Waals surface area contributed by atoms with E-state index in [1.165, 1.54) is 13.2 Å². The molecule has 0 spiro atoms. The lowest BCUT2D eigenvalue weighted by Gasteiger charge is -2.21. The summed E-state index contributed by atoms with van der Waals surface area (Å²) in [5, 5.41) is 2.48. The van der Waals surface area contributed by atoms with Crippen molar-refractivity contribution in [3.63, 3.8) is 0 Å². The van der Waals surface area contributed by atoms with Crippen LogP contribution in [0.2, 0.25) is 0 Å². The molecule has 0 aromatic heterocycles. The van der Waals surface area contributed by atoms with Gasteiger partial charge in [0.15, 0.2) is 6.61 Å². The lowest BCUT2D eigenvalue weighted by atomic mass is 10.2. The second kappa shape index (κ2) is 7.47. The normalized spacial score (nSPS) is 14.1. The standard InChI is InChI=1S/C12H15F2N3O5S.ClH/c1-21-9-2-7-8(22-4-11(18)17-7)3-10(9)23(19,20)16-6-12(13,14)5-15;/h2-3,16H,4-6,15H2,1H3,(H,17,18);1H. The largest absolute Gasteiger partial charge is 0.495 e. The Morgan fingerprint density at radius 3 is 2.71 bits per heavy atom. The van der Waals surface area contributed by atoms with Crippen LogP contribution in [0.4, 0.5) is 14.5 Å². The van der Waals surface area contributed by atoms with Gasteiger partial charge in [-0.3, -0.25) is 4.79 Å². The van der Waals surface area contributed by atoms with Crippen LogP contribution in [0.3, 0.4) is 0 Å². The summed E-state index contributed by atoms with van der Waals surface area (Å²) < 4.78 is 62.6. The number of carbonyl (C=O) groups is 1. The van der Waals surface area contributed by atoms with Crippen molar-refractivity contribution in [1.29, 1.82) is 0 Å². The highest BCUT2D eigenvalue weighted by molar-refractivity contribution is 7.89. The zero-order chi connectivity index (χ0) is 17.3. The smallest absolute Gasteiger partial charge is 0.273 e. The average Bonchev–Trinajstić information content (AvgIpc) is 2.51. The molecule has 0 atom stereocenters. The number of halogens is 3. The van der Waals surface area contributed by atoms with Crippen molar-refractivity contribution >= 4 is 34.0 Å². The fraction of sp³-hybridized carbons (Fsp3) is 0.417. The number of alkyl halides is 2. The maximum atomic E-state index is 13.1. The second-order valence-corrected chi connectivity index (χ2v) is 6.46. The van der Waals surface area contributed by atoms with Crippen molar-refractivity contribution < 1.29 is 31.5 Å². The molecule has 24 heavy (non-hydrogen) atoms. The van der Waals surface area contributed by atoms with E-state index in [0.29, 0.717) is 0 Å². The molecule has 0 saturated heterocycles. The van der Waals surface area contributed by atoms with E-state index in [2.05, 4.69) is 5.32 Å². The first-order valence-electron chi connectivity index (χ1n) is 6.41. The number of ether oxygens (including phenoxy) is 2. The molecule has 0 fully saturated rings. The highest BCUT2D eigenvalue weighted by Gasteiger charge is 2.31. The van der Waals surface area contributed by atoms with Crippen LogP contribution in [0.15, 0.2) is 17.0 Å². The van der Waals surface area contributed by atoms with Gasteiger partial charge in [-0.15, -0.1) is 12.4 Å². The summed E-state index contributed by atoms with van der Waals surface area (Å²) >= 11 is 0. The Balaban J connectivity index is 0.00000288. The highest BCUT2D eigenvalue weighted by atomic mass is 35.5. The molecule has 12 heteroatoms. The minimum Gasteiger partial charge on any atom is -0.495 e. The summed E-state index contributed by atoms with van der Waals surface area (Å²) in [5.41, 5.74) is 5.09. The predicted molar refractivity (Wildman–Crippen MR) is 83.6 cm³/mol. The third-order valence-corrected chi connectivity index (χ3v) is 4.43. The van der Waals surface area contributed by atoms with Gasteiger partial charge in [-0.1, -0.05) is 0 Å². The first-order valence-corrected chi connectivity index (χ1v) is 7.89. The molecule has 1 aliphatic rings. The molecule has 0 saturated carbocycles. The molecule has 4 N–H and O–H groups in total. The Morgan fingerprint density at radius 2 is 2.12 bits per heavy atom. The van der Waals surface area contributed by atoms with E-state index in [1.807, 2.05) is 0 Å². The third kappa shape index (κ3) is 4.44. The predicted octanol–water partition coefficient (Wildman–Crippen LogP) is 0.320. The van der Waals surface area contributed by atoms with Gasteiger partial charge in [0.2, 0.25) is 10.0 Å². The van der Waals surface area contributed by atoms with Crippen LogP contribution in [-0.2, 0) is 14.8 Å². The number of anilines is 1. The Bertz CT molecular complexity index is 730. The van der Waals surface area contributed by atoms with Gasteiger partial charge >= 0.3 is 0 Å². The number of benzene rings is 1. The quantitative estimate of drug-likeness (QED) is 0.646. The van der Waals surface area contributed by atoms with E-state index in [4.69, 9.17) is 15.2 Å². The number of nitrogens with two attached hydrogens (primary N) is 1. The second-order valence-electron chi connectivity index (χ2n) is 4.72. The molecule has 0 bridgehead atoms. The molecule has 1 aliphatic heterocycles. The maximum Gasteiger partial charge on any atom is 0.273 e. The van der Waals surface area contributed by atoms with Gasteiger partial charge in [0, 0.05) is 12.1 Å². The van der Waals surface area contributed by atoms with E-state index in [-0.39, 0.29) is 41.1 Å². The first kappa shape index (κ1) is 20.4. The zero-order valence-corrected chi connectivity index (χ0v) is 14.1. The van der Waals surface area contributed by atoms with E-state index in [9.17, 15) is 22.0 Å². The lowest BCUT2D eigenvalue weighted by Crippen LogP contribution is -2.41. The summed E-state index contributed by atoms with van der Waals surface area (Å²) in [7, 11) is -3.09. The number of methoxy groups -OCH3 is 1. The van der Waals surface area contributed by atoms with Gasteiger partial charge in [-0.25, -0.2) is 21.9 Å². The minimum absolute atomic E-state index is 0. The van der Waals surface area contributed by atoms with Gasteiger partial charge in [0.05, 0.1) is 25.9 Å². The highest BCUT2D eigenvalue weighted by Crippen LogP contribution is 2.37. The zero-order valence-electron chi connectivity index (χ0n) is 12.5. The summed E-state index contributed by atoms with van der Waals surface area (Å²) in [4.78, 5) is 10.9. The topological polar surface area (TPSA) is 120 Å². The van der Waals surface area contributed by atoms with Crippen LogP contribution in [0.1, 0.15) is 0 Å². The van der Waals surface area contributed by atoms with Gasteiger partial charge in [0.1, 0.15) is 16.4 Å². The first-order chi connectivity index (χ1) is 10.7. The molecule has 8 nitrogen and oxygen atoms in total. The molecule has 136 valence electrons. The summed E-state index contributed by atoms with van der Waals surface area (Å²) in [5.74, 6) is -3.82. The van der Waals surface area contributed by atoms with Gasteiger partial charge in [0.25, 0.3) is 11.8 Å². The number of nitrogens with one attached hydrogen (secondary N) is 2. The Morgan fingerprint density at radius 1 is 1.46 bits per heavy atom. The van der Waals surface area contributed by atoms with Crippen LogP contribution in [0.25, 0.3) is 0 Å². The van der Waals surface area contributed by atoms with Crippen LogP contribution in [0, 0.1) is 0 Å². The van der Waals surface area contributed by atoms with E-state index in [0.717, 1.165) is 6.07 Å². The Kier molecular flexibility index (Phi) is 6.33. The molecular weight excluding hydrogens is 372 g/mol. The molecular formula is C12H16ClF2N3O5S. The number of rotatable bonds is 6. The van der Waals surface area contributed by atoms with E-state index >= 15 is 0 Å². The lowest BCUT2D eigenvalue weighted by molar-refractivity contribution is -0.118. The Labute approximate surface area is 143 Å². The molecule has 1 amide bonds. The van der Waals surface area contributed by atoms with E-state index in [1.54, 1.807) is 4.72 Å².